The lowest BCUT2D eigenvalue weighted by atomic mass is 10.1. The largest absolute Gasteiger partial charge is 0.368 e. The number of para-hydroxylation sites is 1. The van der Waals surface area contributed by atoms with Crippen LogP contribution in [-0.4, -0.2) is 26.8 Å². The Balaban J connectivity index is 1.74. The topological polar surface area (TPSA) is 103 Å². The van der Waals surface area contributed by atoms with Crippen LogP contribution in [0.15, 0.2) is 60.7 Å². The van der Waals surface area contributed by atoms with Gasteiger partial charge in [0.15, 0.2) is 0 Å². The van der Waals surface area contributed by atoms with Gasteiger partial charge in [0.25, 0.3) is 0 Å². The zero-order chi connectivity index (χ0) is 18.5. The monoisotopic (exact) mass is 349 g/mol. The summed E-state index contributed by atoms with van der Waals surface area (Å²) in [6.07, 6.45) is 0.00921. The van der Waals surface area contributed by atoms with Gasteiger partial charge in [0.2, 0.25) is 11.8 Å². The number of hydrogen-bond donors (Lipinski definition) is 2. The summed E-state index contributed by atoms with van der Waals surface area (Å²) in [6.45, 7) is 1.85. The number of hydrogen-bond acceptors (Lipinski definition) is 4. The van der Waals surface area contributed by atoms with E-state index in [-0.39, 0.29) is 12.3 Å². The van der Waals surface area contributed by atoms with Gasteiger partial charge in [-0.25, -0.2) is 4.68 Å². The molecule has 3 aromatic rings. The SMILES string of the molecule is Cc1c(CC(=O)NC(C(N)=O)c2ccccc2)nnn1-c1ccccc1. The van der Waals surface area contributed by atoms with Gasteiger partial charge in [-0.05, 0) is 24.6 Å². The molecule has 0 radical (unpaired) electrons. The van der Waals surface area contributed by atoms with Crippen LogP contribution in [0.25, 0.3) is 5.69 Å². The second-order valence-corrected chi connectivity index (χ2v) is 5.86. The Labute approximate surface area is 150 Å². The van der Waals surface area contributed by atoms with Crippen molar-refractivity contribution in [1.29, 1.82) is 0 Å². The van der Waals surface area contributed by atoms with Crippen molar-refractivity contribution >= 4 is 11.8 Å². The Morgan fingerprint density at radius 2 is 1.69 bits per heavy atom. The van der Waals surface area contributed by atoms with Crippen molar-refractivity contribution in [2.24, 2.45) is 5.73 Å². The second kappa shape index (κ2) is 7.60. The van der Waals surface area contributed by atoms with Gasteiger partial charge in [0.1, 0.15) is 6.04 Å². The Hall–Kier alpha value is -3.48. The third kappa shape index (κ3) is 3.77. The van der Waals surface area contributed by atoms with E-state index in [1.165, 1.54) is 0 Å². The Kier molecular flexibility index (Phi) is 5.07. The molecule has 3 rings (SSSR count). The van der Waals surface area contributed by atoms with Crippen LogP contribution in [0, 0.1) is 6.92 Å². The van der Waals surface area contributed by atoms with E-state index >= 15 is 0 Å². The molecule has 1 heterocycles. The van der Waals surface area contributed by atoms with Gasteiger partial charge in [-0.15, -0.1) is 5.10 Å². The molecule has 0 aliphatic rings. The highest BCUT2D eigenvalue weighted by Crippen LogP contribution is 2.14. The number of aromatic nitrogens is 3. The van der Waals surface area contributed by atoms with E-state index < -0.39 is 11.9 Å². The predicted molar refractivity (Wildman–Crippen MR) is 96.3 cm³/mol. The summed E-state index contributed by atoms with van der Waals surface area (Å²) in [4.78, 5) is 24.1. The molecule has 7 nitrogen and oxygen atoms in total. The molecule has 3 N–H and O–H groups in total. The van der Waals surface area contributed by atoms with E-state index in [0.29, 0.717) is 11.3 Å². The first-order chi connectivity index (χ1) is 12.6. The van der Waals surface area contributed by atoms with Gasteiger partial charge in [0, 0.05) is 0 Å². The molecule has 132 valence electrons. The number of amides is 2. The highest BCUT2D eigenvalue weighted by atomic mass is 16.2. The maximum atomic E-state index is 12.4. The zero-order valence-corrected chi connectivity index (χ0v) is 14.3. The van der Waals surface area contributed by atoms with Gasteiger partial charge in [-0.3, -0.25) is 9.59 Å². The molecule has 0 bridgehead atoms. The van der Waals surface area contributed by atoms with Crippen LogP contribution >= 0.6 is 0 Å². The molecule has 0 fully saturated rings. The molecule has 0 spiro atoms. The third-order valence-electron chi connectivity index (χ3n) is 4.04. The van der Waals surface area contributed by atoms with Crippen LogP contribution < -0.4 is 11.1 Å². The molecule has 0 saturated heterocycles. The summed E-state index contributed by atoms with van der Waals surface area (Å²) in [5.41, 5.74) is 8.25. The van der Waals surface area contributed by atoms with Gasteiger partial charge in [-0.1, -0.05) is 53.7 Å². The maximum Gasteiger partial charge on any atom is 0.244 e. The fraction of sp³-hybridized carbons (Fsp3) is 0.158. The minimum Gasteiger partial charge on any atom is -0.368 e. The summed E-state index contributed by atoms with van der Waals surface area (Å²) in [6, 6.07) is 17.5. The van der Waals surface area contributed by atoms with Gasteiger partial charge >= 0.3 is 0 Å². The summed E-state index contributed by atoms with van der Waals surface area (Å²) in [5, 5.41) is 10.9. The summed E-state index contributed by atoms with van der Waals surface area (Å²) in [7, 11) is 0. The first kappa shape index (κ1) is 17.3. The van der Waals surface area contributed by atoms with E-state index in [0.717, 1.165) is 11.4 Å². The minimum absolute atomic E-state index is 0.00921. The number of nitrogens with two attached hydrogens (primary N) is 1. The number of carbonyl (C=O) groups is 2. The van der Waals surface area contributed by atoms with Crippen LogP contribution in [0.1, 0.15) is 23.0 Å². The molecule has 2 aromatic carbocycles. The number of primary amides is 1. The fourth-order valence-electron chi connectivity index (χ4n) is 2.67. The number of carbonyl (C=O) groups excluding carboxylic acids is 2. The normalized spacial score (nSPS) is 11.7. The zero-order valence-electron chi connectivity index (χ0n) is 14.3. The number of nitrogens with zero attached hydrogens (tertiary/aromatic N) is 3. The van der Waals surface area contributed by atoms with Crippen molar-refractivity contribution in [3.8, 4) is 5.69 Å². The van der Waals surface area contributed by atoms with E-state index in [4.69, 9.17) is 5.73 Å². The quantitative estimate of drug-likeness (QED) is 0.703. The molecule has 7 heteroatoms. The molecular weight excluding hydrogens is 330 g/mol. The van der Waals surface area contributed by atoms with E-state index in [1.807, 2.05) is 43.3 Å². The molecule has 1 unspecified atom stereocenters. The van der Waals surface area contributed by atoms with Crippen LogP contribution in [-0.2, 0) is 16.0 Å². The van der Waals surface area contributed by atoms with Crippen molar-refractivity contribution in [1.82, 2.24) is 20.3 Å². The second-order valence-electron chi connectivity index (χ2n) is 5.86. The lowest BCUT2D eigenvalue weighted by Gasteiger charge is -2.15. The van der Waals surface area contributed by atoms with Crippen molar-refractivity contribution in [2.45, 2.75) is 19.4 Å². The fourth-order valence-corrected chi connectivity index (χ4v) is 2.67. The minimum atomic E-state index is -0.881. The molecule has 1 atom stereocenters. The van der Waals surface area contributed by atoms with E-state index in [2.05, 4.69) is 15.6 Å². The van der Waals surface area contributed by atoms with Crippen molar-refractivity contribution in [2.75, 3.05) is 0 Å². The summed E-state index contributed by atoms with van der Waals surface area (Å²) >= 11 is 0. The lowest BCUT2D eigenvalue weighted by molar-refractivity contribution is -0.127. The lowest BCUT2D eigenvalue weighted by Crippen LogP contribution is -2.38. The maximum absolute atomic E-state index is 12.4. The van der Waals surface area contributed by atoms with Crippen LogP contribution in [0.4, 0.5) is 0 Å². The van der Waals surface area contributed by atoms with E-state index in [9.17, 15) is 9.59 Å². The van der Waals surface area contributed by atoms with Crippen LogP contribution in [0.5, 0.6) is 0 Å². The molecule has 2 amide bonds. The van der Waals surface area contributed by atoms with Crippen molar-refractivity contribution in [3.05, 3.63) is 77.6 Å². The van der Waals surface area contributed by atoms with Crippen LogP contribution in [0.3, 0.4) is 0 Å². The van der Waals surface area contributed by atoms with Crippen molar-refractivity contribution in [3.63, 3.8) is 0 Å². The Morgan fingerprint density at radius 1 is 1.08 bits per heavy atom. The Bertz CT molecular complexity index is 906. The van der Waals surface area contributed by atoms with Crippen LogP contribution in [0.2, 0.25) is 0 Å². The molecule has 1 aromatic heterocycles. The van der Waals surface area contributed by atoms with Gasteiger partial charge < -0.3 is 11.1 Å². The van der Waals surface area contributed by atoms with E-state index in [1.54, 1.807) is 28.9 Å². The average molecular weight is 349 g/mol. The average Bonchev–Trinajstić information content (AvgIpc) is 3.01. The third-order valence-corrected chi connectivity index (χ3v) is 4.04. The molecular formula is C19H19N5O2. The highest BCUT2D eigenvalue weighted by molar-refractivity contribution is 5.88. The standard InChI is InChI=1S/C19H19N5O2/c1-13-16(22-23-24(13)15-10-6-3-7-11-15)12-17(25)21-18(19(20)26)14-8-4-2-5-9-14/h2-11,18H,12H2,1H3,(H2,20,26)(H,21,25). The van der Waals surface area contributed by atoms with Gasteiger partial charge in [0.05, 0.1) is 23.5 Å². The first-order valence-corrected chi connectivity index (χ1v) is 8.16. The smallest absolute Gasteiger partial charge is 0.244 e. The number of benzene rings is 2. The predicted octanol–water partition coefficient (Wildman–Crippen LogP) is 1.46. The van der Waals surface area contributed by atoms with Crippen molar-refractivity contribution < 1.29 is 9.59 Å². The van der Waals surface area contributed by atoms with Gasteiger partial charge in [-0.2, -0.15) is 0 Å². The molecule has 0 aliphatic heterocycles. The number of rotatable bonds is 6. The number of nitrogens with one attached hydrogen (secondary N) is 1. The summed E-state index contributed by atoms with van der Waals surface area (Å²) < 4.78 is 1.67. The molecule has 26 heavy (non-hydrogen) atoms. The Morgan fingerprint density at radius 3 is 2.31 bits per heavy atom. The first-order valence-electron chi connectivity index (χ1n) is 8.16. The molecule has 0 aliphatic carbocycles. The summed E-state index contributed by atoms with van der Waals surface area (Å²) in [5.74, 6) is -0.963. The molecule has 0 saturated carbocycles. The highest BCUT2D eigenvalue weighted by Gasteiger charge is 2.21.